The molecule has 0 amide bonds. The molecule has 1 aromatic rings. The number of hydrogen-bond donors (Lipinski definition) is 1. The predicted octanol–water partition coefficient (Wildman–Crippen LogP) is 4.47. The Kier molecular flexibility index (Phi) is 6.83. The molecule has 3 atom stereocenters. The van der Waals surface area contributed by atoms with Crippen LogP contribution < -0.4 is 5.32 Å². The Morgan fingerprint density at radius 1 is 1.23 bits per heavy atom. The zero-order valence-corrected chi connectivity index (χ0v) is 19.9. The van der Waals surface area contributed by atoms with Crippen LogP contribution in [0, 0.1) is 11.3 Å². The van der Waals surface area contributed by atoms with Crippen LogP contribution in [0.4, 0.5) is 14.6 Å². The van der Waals surface area contributed by atoms with Crippen LogP contribution in [0.2, 0.25) is 0 Å². The molecule has 1 N–H and O–H groups in total. The Labute approximate surface area is 181 Å². The molecular formula is C23H41F2N5. The minimum absolute atomic E-state index is 0.0702. The molecule has 3 heterocycles. The van der Waals surface area contributed by atoms with Crippen molar-refractivity contribution in [3.8, 4) is 0 Å². The first-order chi connectivity index (χ1) is 13.9. The molecule has 3 rings (SSSR count). The highest BCUT2D eigenvalue weighted by atomic mass is 19.3. The number of hydrogen-bond acceptors (Lipinski definition) is 4. The van der Waals surface area contributed by atoms with E-state index in [2.05, 4.69) is 68.9 Å². The fraction of sp³-hybridized carbons (Fsp3) is 0.870. The Morgan fingerprint density at radius 3 is 2.53 bits per heavy atom. The van der Waals surface area contributed by atoms with E-state index < -0.39 is 12.5 Å². The molecule has 0 aromatic carbocycles. The lowest BCUT2D eigenvalue weighted by Gasteiger charge is -2.43. The summed E-state index contributed by atoms with van der Waals surface area (Å²) in [7, 11) is 4.23. The predicted molar refractivity (Wildman–Crippen MR) is 119 cm³/mol. The minimum atomic E-state index is -2.40. The summed E-state index contributed by atoms with van der Waals surface area (Å²) in [6, 6.07) is 1.20. The normalized spacial score (nSPS) is 26.2. The highest BCUT2D eigenvalue weighted by Crippen LogP contribution is 2.38. The van der Waals surface area contributed by atoms with Crippen LogP contribution in [-0.4, -0.2) is 72.3 Å². The number of nitrogens with zero attached hydrogens (tertiary/aromatic N) is 4. The molecule has 0 spiro atoms. The van der Waals surface area contributed by atoms with E-state index in [1.54, 1.807) is 4.68 Å². The summed E-state index contributed by atoms with van der Waals surface area (Å²) >= 11 is 0. The van der Waals surface area contributed by atoms with Crippen LogP contribution in [0.15, 0.2) is 6.07 Å². The van der Waals surface area contributed by atoms with Crippen molar-refractivity contribution in [2.45, 2.75) is 77.8 Å². The first-order valence-corrected chi connectivity index (χ1v) is 11.4. The summed E-state index contributed by atoms with van der Waals surface area (Å²) in [5.74, 6) is 1.14. The molecule has 0 bridgehead atoms. The number of anilines is 1. The smallest absolute Gasteiger partial charge is 0.260 e. The van der Waals surface area contributed by atoms with E-state index in [4.69, 9.17) is 0 Å². The van der Waals surface area contributed by atoms with Crippen LogP contribution in [0.3, 0.4) is 0 Å². The number of fused-ring (bicyclic) bond motifs is 1. The molecule has 1 fully saturated rings. The zero-order chi connectivity index (χ0) is 22.3. The molecule has 0 aliphatic carbocycles. The molecule has 30 heavy (non-hydrogen) atoms. The lowest BCUT2D eigenvalue weighted by atomic mass is 9.84. The molecule has 172 valence electrons. The number of likely N-dealkylation sites (tertiary alicyclic amines) is 1. The van der Waals surface area contributed by atoms with Gasteiger partial charge >= 0.3 is 0 Å². The maximum Gasteiger partial charge on any atom is 0.260 e. The summed E-state index contributed by atoms with van der Waals surface area (Å²) in [4.78, 5) is 4.79. The minimum Gasteiger partial charge on any atom is -0.367 e. The number of alkyl halides is 2. The summed E-state index contributed by atoms with van der Waals surface area (Å²) in [6.45, 7) is 15.0. The number of aromatic nitrogens is 2. The fourth-order valence-electron chi connectivity index (χ4n) is 5.33. The van der Waals surface area contributed by atoms with Crippen molar-refractivity contribution >= 4 is 5.82 Å². The van der Waals surface area contributed by atoms with Crippen LogP contribution >= 0.6 is 0 Å². The van der Waals surface area contributed by atoms with Crippen molar-refractivity contribution in [2.75, 3.05) is 45.6 Å². The van der Waals surface area contributed by atoms with E-state index >= 15 is 0 Å². The molecule has 2 aliphatic heterocycles. The van der Waals surface area contributed by atoms with Crippen LogP contribution in [0.1, 0.15) is 65.6 Å². The fourth-order valence-corrected chi connectivity index (χ4v) is 5.33. The van der Waals surface area contributed by atoms with Gasteiger partial charge in [-0.2, -0.15) is 5.10 Å². The van der Waals surface area contributed by atoms with Crippen molar-refractivity contribution < 1.29 is 8.78 Å². The van der Waals surface area contributed by atoms with E-state index in [-0.39, 0.29) is 16.9 Å². The van der Waals surface area contributed by atoms with E-state index in [0.717, 1.165) is 50.5 Å². The van der Waals surface area contributed by atoms with Gasteiger partial charge in [-0.3, -0.25) is 0 Å². The number of halogens is 2. The highest BCUT2D eigenvalue weighted by Gasteiger charge is 2.39. The molecule has 1 saturated heterocycles. The van der Waals surface area contributed by atoms with E-state index in [1.807, 2.05) is 6.07 Å². The number of nitrogens with one attached hydrogen (secondary N) is 1. The average Bonchev–Trinajstić information content (AvgIpc) is 3.03. The standard InChI is InChI=1S/C23H41F2N5/c1-22(2,3)19-12-20-26-17(11-18(21(24)25)30(20)27-19)16-9-8-10-29(13-16)15-23(4,5)14-28(6)7/h12,16-18,21,26H,8-11,13-15H2,1-7H3/t16-,17-,18+/m1/s1. The molecular weight excluding hydrogens is 384 g/mol. The first-order valence-electron chi connectivity index (χ1n) is 11.4. The Hall–Kier alpha value is -1.21. The lowest BCUT2D eigenvalue weighted by molar-refractivity contribution is 0.0508. The molecule has 0 unspecified atom stereocenters. The first kappa shape index (κ1) is 23.5. The van der Waals surface area contributed by atoms with Crippen LogP contribution in [0.25, 0.3) is 0 Å². The van der Waals surface area contributed by atoms with E-state index in [1.165, 1.54) is 0 Å². The zero-order valence-electron chi connectivity index (χ0n) is 19.9. The van der Waals surface area contributed by atoms with Gasteiger partial charge in [0.25, 0.3) is 6.43 Å². The number of piperidine rings is 1. The van der Waals surface area contributed by atoms with Gasteiger partial charge in [0.15, 0.2) is 0 Å². The third-order valence-electron chi connectivity index (χ3n) is 6.44. The second kappa shape index (κ2) is 8.73. The van der Waals surface area contributed by atoms with Gasteiger partial charge in [-0.15, -0.1) is 0 Å². The monoisotopic (exact) mass is 425 g/mol. The molecule has 0 radical (unpaired) electrons. The highest BCUT2D eigenvalue weighted by molar-refractivity contribution is 5.43. The van der Waals surface area contributed by atoms with Crippen LogP contribution in [-0.2, 0) is 5.41 Å². The van der Waals surface area contributed by atoms with Gasteiger partial charge in [0.05, 0.1) is 5.69 Å². The van der Waals surface area contributed by atoms with Crippen molar-refractivity contribution in [1.29, 1.82) is 0 Å². The third kappa shape index (κ3) is 5.52. The Balaban J connectivity index is 1.73. The molecule has 0 saturated carbocycles. The Bertz CT molecular complexity index is 707. The summed E-state index contributed by atoms with van der Waals surface area (Å²) in [6.07, 6.45) is 0.264. The second-order valence-corrected chi connectivity index (χ2v) is 11.5. The Morgan fingerprint density at radius 2 is 1.93 bits per heavy atom. The van der Waals surface area contributed by atoms with Gasteiger partial charge in [-0.1, -0.05) is 34.6 Å². The lowest BCUT2D eigenvalue weighted by Crippen LogP contribution is -2.49. The van der Waals surface area contributed by atoms with Crippen molar-refractivity contribution in [3.63, 3.8) is 0 Å². The second-order valence-electron chi connectivity index (χ2n) is 11.5. The van der Waals surface area contributed by atoms with E-state index in [0.29, 0.717) is 12.3 Å². The average molecular weight is 426 g/mol. The maximum atomic E-state index is 14.0. The van der Waals surface area contributed by atoms with Gasteiger partial charge in [0.1, 0.15) is 11.9 Å². The molecule has 7 heteroatoms. The number of rotatable bonds is 6. The molecule has 1 aromatic heterocycles. The van der Waals surface area contributed by atoms with Crippen molar-refractivity contribution in [1.82, 2.24) is 19.6 Å². The van der Waals surface area contributed by atoms with Gasteiger partial charge in [-0.05, 0) is 51.2 Å². The van der Waals surface area contributed by atoms with Crippen LogP contribution in [0.5, 0.6) is 0 Å². The van der Waals surface area contributed by atoms with Crippen molar-refractivity contribution in [2.24, 2.45) is 11.3 Å². The van der Waals surface area contributed by atoms with Gasteiger partial charge < -0.3 is 15.1 Å². The largest absolute Gasteiger partial charge is 0.367 e. The van der Waals surface area contributed by atoms with E-state index in [9.17, 15) is 8.78 Å². The summed E-state index contributed by atoms with van der Waals surface area (Å²) in [5.41, 5.74) is 0.914. The van der Waals surface area contributed by atoms with Gasteiger partial charge in [0, 0.05) is 37.2 Å². The SMILES string of the molecule is CN(C)CC(C)(C)CN1CCC[C@@H]([C@H]2C[C@@H](C(F)F)n3nc(C(C)(C)C)cc3N2)C1. The quantitative estimate of drug-likeness (QED) is 0.730. The third-order valence-corrected chi connectivity index (χ3v) is 6.44. The maximum absolute atomic E-state index is 14.0. The molecule has 5 nitrogen and oxygen atoms in total. The summed E-state index contributed by atoms with van der Waals surface area (Å²) < 4.78 is 29.5. The summed E-state index contributed by atoms with van der Waals surface area (Å²) in [5, 5.41) is 8.15. The van der Waals surface area contributed by atoms with Gasteiger partial charge in [0.2, 0.25) is 0 Å². The van der Waals surface area contributed by atoms with Gasteiger partial charge in [-0.25, -0.2) is 13.5 Å². The van der Waals surface area contributed by atoms with Crippen molar-refractivity contribution in [3.05, 3.63) is 11.8 Å². The topological polar surface area (TPSA) is 36.3 Å². The molecule has 2 aliphatic rings.